The molecule has 0 spiro atoms. The molecule has 0 radical (unpaired) electrons. The van der Waals surface area contributed by atoms with E-state index in [-0.39, 0.29) is 6.10 Å². The maximum atomic E-state index is 6.13. The first-order valence-corrected chi connectivity index (χ1v) is 6.77. The number of aromatic nitrogens is 1. The molecule has 2 atom stereocenters. The molecule has 0 saturated carbocycles. The number of hydrogen-bond acceptors (Lipinski definition) is 3. The lowest BCUT2D eigenvalue weighted by Gasteiger charge is -2.24. The van der Waals surface area contributed by atoms with Crippen molar-refractivity contribution in [1.29, 1.82) is 0 Å². The van der Waals surface area contributed by atoms with Gasteiger partial charge in [-0.15, -0.1) is 0 Å². The third-order valence-corrected chi connectivity index (χ3v) is 3.54. The fraction of sp³-hybridized carbons (Fsp3) is 0.312. The molecule has 0 bridgehead atoms. The summed E-state index contributed by atoms with van der Waals surface area (Å²) in [4.78, 5) is 4.27. The van der Waals surface area contributed by atoms with Crippen LogP contribution in [0.25, 0.3) is 0 Å². The number of nitrogens with zero attached hydrogens (tertiary/aromatic N) is 1. The summed E-state index contributed by atoms with van der Waals surface area (Å²) >= 11 is 0. The van der Waals surface area contributed by atoms with E-state index in [1.807, 2.05) is 24.3 Å². The van der Waals surface area contributed by atoms with Crippen molar-refractivity contribution in [3.63, 3.8) is 0 Å². The van der Waals surface area contributed by atoms with E-state index in [1.165, 1.54) is 5.56 Å². The van der Waals surface area contributed by atoms with Gasteiger partial charge in [0.25, 0.3) is 0 Å². The van der Waals surface area contributed by atoms with E-state index in [0.29, 0.717) is 11.8 Å². The fourth-order valence-electron chi connectivity index (χ4n) is 2.56. The number of nitrogens with one attached hydrogen (secondary N) is 1. The molecule has 0 amide bonds. The molecule has 98 valence electrons. The van der Waals surface area contributed by atoms with Gasteiger partial charge in [0.05, 0.1) is 0 Å². The second kappa shape index (κ2) is 5.85. The highest BCUT2D eigenvalue weighted by Crippen LogP contribution is 2.30. The van der Waals surface area contributed by atoms with Gasteiger partial charge >= 0.3 is 0 Å². The summed E-state index contributed by atoms with van der Waals surface area (Å²) in [7, 11) is 0. The van der Waals surface area contributed by atoms with Crippen molar-refractivity contribution in [2.75, 3.05) is 13.1 Å². The van der Waals surface area contributed by atoms with Gasteiger partial charge in [0, 0.05) is 24.7 Å². The first-order valence-electron chi connectivity index (χ1n) is 6.77. The van der Waals surface area contributed by atoms with Crippen molar-refractivity contribution in [3.8, 4) is 5.88 Å². The SMILES string of the molecule is c1ccc([C@@H](Oc2ccccn2)C2CCNC2)cc1. The summed E-state index contributed by atoms with van der Waals surface area (Å²) in [5.41, 5.74) is 1.22. The Labute approximate surface area is 113 Å². The quantitative estimate of drug-likeness (QED) is 0.911. The Bertz CT molecular complexity index is 495. The molecule has 3 rings (SSSR count). The molecule has 3 heteroatoms. The summed E-state index contributed by atoms with van der Waals surface area (Å²) in [5, 5.41) is 3.41. The minimum Gasteiger partial charge on any atom is -0.469 e. The number of benzene rings is 1. The van der Waals surface area contributed by atoms with Gasteiger partial charge in [-0.05, 0) is 24.6 Å². The van der Waals surface area contributed by atoms with Crippen molar-refractivity contribution in [2.24, 2.45) is 5.92 Å². The third-order valence-electron chi connectivity index (χ3n) is 3.54. The molecule has 1 aromatic heterocycles. The molecular formula is C16H18N2O. The van der Waals surface area contributed by atoms with Crippen molar-refractivity contribution in [2.45, 2.75) is 12.5 Å². The number of rotatable bonds is 4. The predicted molar refractivity (Wildman–Crippen MR) is 75.0 cm³/mol. The van der Waals surface area contributed by atoms with Crippen LogP contribution < -0.4 is 10.1 Å². The van der Waals surface area contributed by atoms with Gasteiger partial charge in [-0.3, -0.25) is 0 Å². The van der Waals surface area contributed by atoms with E-state index in [4.69, 9.17) is 4.74 Å². The highest BCUT2D eigenvalue weighted by atomic mass is 16.5. The van der Waals surface area contributed by atoms with Crippen molar-refractivity contribution < 1.29 is 4.74 Å². The number of pyridine rings is 1. The standard InChI is InChI=1S/C16H18N2O/c1-2-6-13(7-3-1)16(14-9-11-17-12-14)19-15-8-4-5-10-18-15/h1-8,10,14,16-17H,9,11-12H2/t14?,16-/m1/s1. The van der Waals surface area contributed by atoms with Crippen LogP contribution in [0.15, 0.2) is 54.7 Å². The Kier molecular flexibility index (Phi) is 3.75. The van der Waals surface area contributed by atoms with Crippen LogP contribution in [0.4, 0.5) is 0 Å². The Morgan fingerprint density at radius 2 is 1.95 bits per heavy atom. The highest BCUT2D eigenvalue weighted by molar-refractivity contribution is 5.21. The van der Waals surface area contributed by atoms with E-state index in [0.717, 1.165) is 19.5 Å². The highest BCUT2D eigenvalue weighted by Gasteiger charge is 2.28. The Balaban J connectivity index is 1.84. The van der Waals surface area contributed by atoms with Crippen LogP contribution >= 0.6 is 0 Å². The maximum absolute atomic E-state index is 6.13. The van der Waals surface area contributed by atoms with Crippen LogP contribution in [0.5, 0.6) is 5.88 Å². The van der Waals surface area contributed by atoms with Gasteiger partial charge in [0.15, 0.2) is 0 Å². The molecule has 1 saturated heterocycles. The second-order valence-corrected chi connectivity index (χ2v) is 4.87. The average Bonchev–Trinajstić information content (AvgIpc) is 3.01. The fourth-order valence-corrected chi connectivity index (χ4v) is 2.56. The lowest BCUT2D eigenvalue weighted by molar-refractivity contribution is 0.138. The molecule has 1 aromatic carbocycles. The largest absolute Gasteiger partial charge is 0.469 e. The van der Waals surface area contributed by atoms with E-state index in [1.54, 1.807) is 6.20 Å². The summed E-state index contributed by atoms with van der Waals surface area (Å²) in [5.74, 6) is 1.20. The zero-order chi connectivity index (χ0) is 12.9. The Morgan fingerprint density at radius 1 is 1.11 bits per heavy atom. The predicted octanol–water partition coefficient (Wildman–Crippen LogP) is 2.81. The lowest BCUT2D eigenvalue weighted by Crippen LogP contribution is -2.21. The van der Waals surface area contributed by atoms with Crippen LogP contribution in [0.2, 0.25) is 0 Å². The van der Waals surface area contributed by atoms with Gasteiger partial charge in [-0.1, -0.05) is 36.4 Å². The minimum absolute atomic E-state index is 0.0751. The third kappa shape index (κ3) is 2.93. The van der Waals surface area contributed by atoms with E-state index >= 15 is 0 Å². The molecule has 19 heavy (non-hydrogen) atoms. The molecular weight excluding hydrogens is 236 g/mol. The molecule has 3 nitrogen and oxygen atoms in total. The van der Waals surface area contributed by atoms with Gasteiger partial charge in [0.1, 0.15) is 6.10 Å². The summed E-state index contributed by atoms with van der Waals surface area (Å²) in [6, 6.07) is 16.2. The zero-order valence-corrected chi connectivity index (χ0v) is 10.8. The number of ether oxygens (including phenoxy) is 1. The maximum Gasteiger partial charge on any atom is 0.213 e. The molecule has 2 aromatic rings. The zero-order valence-electron chi connectivity index (χ0n) is 10.8. The lowest BCUT2D eigenvalue weighted by atomic mass is 9.95. The van der Waals surface area contributed by atoms with Crippen LogP contribution in [0.1, 0.15) is 18.1 Å². The van der Waals surface area contributed by atoms with Crippen LogP contribution in [0, 0.1) is 5.92 Å². The molecule has 1 aliphatic heterocycles. The van der Waals surface area contributed by atoms with Gasteiger partial charge in [-0.2, -0.15) is 0 Å². The molecule has 1 unspecified atom stereocenters. The van der Waals surface area contributed by atoms with Crippen molar-refractivity contribution >= 4 is 0 Å². The van der Waals surface area contributed by atoms with Gasteiger partial charge in [-0.25, -0.2) is 4.98 Å². The Morgan fingerprint density at radius 3 is 2.63 bits per heavy atom. The second-order valence-electron chi connectivity index (χ2n) is 4.87. The van der Waals surface area contributed by atoms with Crippen LogP contribution in [-0.4, -0.2) is 18.1 Å². The number of hydrogen-bond donors (Lipinski definition) is 1. The van der Waals surface area contributed by atoms with Gasteiger partial charge in [0.2, 0.25) is 5.88 Å². The first kappa shape index (κ1) is 12.2. The van der Waals surface area contributed by atoms with Gasteiger partial charge < -0.3 is 10.1 Å². The Hall–Kier alpha value is -1.87. The summed E-state index contributed by atoms with van der Waals surface area (Å²) in [6.45, 7) is 2.08. The normalized spacial score (nSPS) is 20.1. The summed E-state index contributed by atoms with van der Waals surface area (Å²) < 4.78 is 6.13. The molecule has 1 fully saturated rings. The smallest absolute Gasteiger partial charge is 0.213 e. The van der Waals surface area contributed by atoms with E-state index in [2.05, 4.69) is 34.6 Å². The van der Waals surface area contributed by atoms with Crippen LogP contribution in [-0.2, 0) is 0 Å². The van der Waals surface area contributed by atoms with Crippen molar-refractivity contribution in [3.05, 3.63) is 60.3 Å². The molecule has 1 N–H and O–H groups in total. The molecule has 1 aliphatic rings. The van der Waals surface area contributed by atoms with E-state index < -0.39 is 0 Å². The van der Waals surface area contributed by atoms with Crippen molar-refractivity contribution in [1.82, 2.24) is 10.3 Å². The molecule has 2 heterocycles. The summed E-state index contributed by atoms with van der Waals surface area (Å²) in [6.07, 6.45) is 2.99. The monoisotopic (exact) mass is 254 g/mol. The average molecular weight is 254 g/mol. The first-order chi connectivity index (χ1) is 9.43. The minimum atomic E-state index is 0.0751. The van der Waals surface area contributed by atoms with E-state index in [9.17, 15) is 0 Å². The topological polar surface area (TPSA) is 34.1 Å². The molecule has 0 aliphatic carbocycles. The van der Waals surface area contributed by atoms with Crippen LogP contribution in [0.3, 0.4) is 0 Å².